The van der Waals surface area contributed by atoms with Crippen molar-refractivity contribution in [3.63, 3.8) is 0 Å². The number of carbonyl (C=O) groups excluding carboxylic acids is 3. The van der Waals surface area contributed by atoms with E-state index in [0.29, 0.717) is 11.1 Å². The molecule has 162 valence electrons. The van der Waals surface area contributed by atoms with Crippen molar-refractivity contribution >= 4 is 34.3 Å². The van der Waals surface area contributed by atoms with E-state index in [9.17, 15) is 19.5 Å². The van der Waals surface area contributed by atoms with E-state index in [0.717, 1.165) is 12.3 Å². The molecule has 2 heterocycles. The Morgan fingerprint density at radius 3 is 2.63 bits per heavy atom. The number of hydrogen-bond donors (Lipinski definition) is 1. The lowest BCUT2D eigenvalue weighted by Gasteiger charge is -2.35. The highest BCUT2D eigenvalue weighted by Crippen LogP contribution is 2.31. The molecule has 1 amide bonds. The molecule has 2 aromatic rings. The number of aromatic hydroxyl groups is 1. The molecule has 1 fully saturated rings. The minimum absolute atomic E-state index is 0.127. The van der Waals surface area contributed by atoms with Gasteiger partial charge in [-0.25, -0.2) is 4.79 Å². The van der Waals surface area contributed by atoms with Crippen molar-refractivity contribution in [3.05, 3.63) is 24.4 Å². The molecule has 30 heavy (non-hydrogen) atoms. The van der Waals surface area contributed by atoms with E-state index in [1.54, 1.807) is 56.8 Å². The van der Waals surface area contributed by atoms with Crippen molar-refractivity contribution in [2.45, 2.75) is 45.5 Å². The zero-order valence-electron chi connectivity index (χ0n) is 17.7. The molecular formula is C21H26N2O7. The molecular weight excluding hydrogens is 392 g/mol. The Morgan fingerprint density at radius 1 is 1.30 bits per heavy atom. The number of anilines is 1. The topological polar surface area (TPSA) is 107 Å². The minimum atomic E-state index is -1.51. The first-order valence-corrected chi connectivity index (χ1v) is 9.59. The van der Waals surface area contributed by atoms with Crippen LogP contribution in [0.25, 0.3) is 10.8 Å². The van der Waals surface area contributed by atoms with Crippen LogP contribution in [0, 0.1) is 0 Å². The normalized spacial score (nSPS) is 18.4. The molecule has 0 spiro atoms. The highest BCUT2D eigenvalue weighted by Gasteiger charge is 2.44. The third-order valence-electron chi connectivity index (χ3n) is 4.58. The molecule has 0 bridgehead atoms. The molecule has 1 N–H and O–H groups in total. The van der Waals surface area contributed by atoms with Crippen LogP contribution in [0.5, 0.6) is 5.88 Å². The van der Waals surface area contributed by atoms with Gasteiger partial charge in [0.05, 0.1) is 6.61 Å². The summed E-state index contributed by atoms with van der Waals surface area (Å²) in [6.45, 7) is 6.59. The maximum Gasteiger partial charge on any atom is 0.351 e. The molecule has 1 aliphatic heterocycles. The van der Waals surface area contributed by atoms with E-state index in [4.69, 9.17) is 14.2 Å². The maximum absolute atomic E-state index is 13.2. The summed E-state index contributed by atoms with van der Waals surface area (Å²) in [5, 5.41) is 11.5. The fourth-order valence-electron chi connectivity index (χ4n) is 3.34. The molecule has 3 rings (SSSR count). The predicted molar refractivity (Wildman–Crippen MR) is 108 cm³/mol. The summed E-state index contributed by atoms with van der Waals surface area (Å²) in [6, 6.07) is 5.19. The number of nitrogens with zero attached hydrogens (tertiary/aromatic N) is 2. The number of esters is 2. The summed E-state index contributed by atoms with van der Waals surface area (Å²) in [7, 11) is 1.72. The number of benzene rings is 1. The standard InChI is InChI=1S/C21H26N2O7/c1-12(24)29-17(20(27)30-21(2,3)4)16-19(26)23(8-9-28-16)14-6-7-15-13(10-14)11-22(5)18(15)25/h6-7,10-11,16-17,25H,8-9H2,1-5H3/t16-,17-/m1/s1. The lowest BCUT2D eigenvalue weighted by molar-refractivity contribution is -0.188. The quantitative estimate of drug-likeness (QED) is 0.756. The van der Waals surface area contributed by atoms with Gasteiger partial charge >= 0.3 is 11.9 Å². The average molecular weight is 418 g/mol. The van der Waals surface area contributed by atoms with E-state index in [-0.39, 0.29) is 19.0 Å². The molecule has 0 radical (unpaired) electrons. The number of ether oxygens (including phenoxy) is 3. The summed E-state index contributed by atoms with van der Waals surface area (Å²) < 4.78 is 17.6. The number of aryl methyl sites for hydroxylation is 1. The molecule has 0 saturated carbocycles. The van der Waals surface area contributed by atoms with Gasteiger partial charge in [-0.05, 0) is 39.0 Å². The van der Waals surface area contributed by atoms with Crippen molar-refractivity contribution in [2.24, 2.45) is 7.05 Å². The Labute approximate surface area is 174 Å². The summed E-state index contributed by atoms with van der Waals surface area (Å²) in [5.74, 6) is -1.96. The van der Waals surface area contributed by atoms with Crippen LogP contribution in [0.3, 0.4) is 0 Å². The highest BCUT2D eigenvalue weighted by atomic mass is 16.6. The zero-order valence-corrected chi connectivity index (χ0v) is 17.7. The van der Waals surface area contributed by atoms with Crippen LogP contribution in [0.4, 0.5) is 5.69 Å². The van der Waals surface area contributed by atoms with E-state index in [1.807, 2.05) is 0 Å². The van der Waals surface area contributed by atoms with Crippen LogP contribution >= 0.6 is 0 Å². The summed E-state index contributed by atoms with van der Waals surface area (Å²) >= 11 is 0. The minimum Gasteiger partial charge on any atom is -0.494 e. The molecule has 9 nitrogen and oxygen atoms in total. The van der Waals surface area contributed by atoms with Crippen molar-refractivity contribution < 1.29 is 33.7 Å². The first-order valence-electron chi connectivity index (χ1n) is 9.59. The third kappa shape index (κ3) is 4.40. The molecule has 0 unspecified atom stereocenters. The SMILES string of the molecule is CC(=O)O[C@@H](C(=O)OC(C)(C)C)[C@H]1OCCN(c2ccc3c(O)n(C)cc3c2)C1=O. The third-order valence-corrected chi connectivity index (χ3v) is 4.58. The molecule has 1 aromatic heterocycles. The van der Waals surface area contributed by atoms with Gasteiger partial charge in [0.1, 0.15) is 5.60 Å². The van der Waals surface area contributed by atoms with Crippen LogP contribution in [0.2, 0.25) is 0 Å². The first kappa shape index (κ1) is 21.6. The Balaban J connectivity index is 1.90. The monoisotopic (exact) mass is 418 g/mol. The average Bonchev–Trinajstić information content (AvgIpc) is 2.92. The van der Waals surface area contributed by atoms with Crippen LogP contribution in [-0.2, 0) is 35.6 Å². The van der Waals surface area contributed by atoms with Gasteiger partial charge in [-0.15, -0.1) is 0 Å². The van der Waals surface area contributed by atoms with Gasteiger partial charge < -0.3 is 28.8 Å². The lowest BCUT2D eigenvalue weighted by Crippen LogP contribution is -2.56. The van der Waals surface area contributed by atoms with Crippen LogP contribution in [0.15, 0.2) is 24.4 Å². The van der Waals surface area contributed by atoms with Gasteiger partial charge in [-0.2, -0.15) is 0 Å². The van der Waals surface area contributed by atoms with Crippen molar-refractivity contribution in [3.8, 4) is 5.88 Å². The van der Waals surface area contributed by atoms with Crippen molar-refractivity contribution in [1.29, 1.82) is 0 Å². The lowest BCUT2D eigenvalue weighted by atomic mass is 10.1. The number of rotatable bonds is 4. The number of amides is 1. The Morgan fingerprint density at radius 2 is 2.00 bits per heavy atom. The smallest absolute Gasteiger partial charge is 0.351 e. The zero-order chi connectivity index (χ0) is 22.2. The second-order valence-electron chi connectivity index (χ2n) is 8.18. The van der Waals surface area contributed by atoms with Gasteiger partial charge in [0.15, 0.2) is 12.0 Å². The summed E-state index contributed by atoms with van der Waals surface area (Å²) in [4.78, 5) is 38.8. The summed E-state index contributed by atoms with van der Waals surface area (Å²) in [6.07, 6.45) is -1.09. The molecule has 1 aromatic carbocycles. The second-order valence-corrected chi connectivity index (χ2v) is 8.18. The number of fused-ring (bicyclic) bond motifs is 1. The molecule has 9 heteroatoms. The van der Waals surface area contributed by atoms with Crippen LogP contribution in [0.1, 0.15) is 27.7 Å². The van der Waals surface area contributed by atoms with Crippen molar-refractivity contribution in [2.75, 3.05) is 18.1 Å². The van der Waals surface area contributed by atoms with E-state index < -0.39 is 35.7 Å². The number of aromatic nitrogens is 1. The number of hydrogen-bond acceptors (Lipinski definition) is 7. The molecule has 1 aliphatic rings. The van der Waals surface area contributed by atoms with E-state index in [2.05, 4.69) is 0 Å². The van der Waals surface area contributed by atoms with E-state index >= 15 is 0 Å². The fourth-order valence-corrected chi connectivity index (χ4v) is 3.34. The Kier molecular flexibility index (Phi) is 5.76. The first-order chi connectivity index (χ1) is 14.0. The summed E-state index contributed by atoms with van der Waals surface area (Å²) in [5.41, 5.74) is -0.245. The Bertz CT molecular complexity index is 989. The number of morpholine rings is 1. The van der Waals surface area contributed by atoms with E-state index in [1.165, 1.54) is 4.90 Å². The molecule has 0 aliphatic carbocycles. The molecule has 1 saturated heterocycles. The molecule has 2 atom stereocenters. The Hall–Kier alpha value is -3.07. The van der Waals surface area contributed by atoms with Gasteiger partial charge in [0.2, 0.25) is 6.10 Å². The van der Waals surface area contributed by atoms with Crippen LogP contribution in [-0.4, -0.2) is 58.5 Å². The van der Waals surface area contributed by atoms with Gasteiger partial charge in [0, 0.05) is 43.2 Å². The highest BCUT2D eigenvalue weighted by molar-refractivity contribution is 6.02. The van der Waals surface area contributed by atoms with Crippen molar-refractivity contribution in [1.82, 2.24) is 4.57 Å². The fraction of sp³-hybridized carbons (Fsp3) is 0.476. The second kappa shape index (κ2) is 7.98. The van der Waals surface area contributed by atoms with Crippen LogP contribution < -0.4 is 4.90 Å². The van der Waals surface area contributed by atoms with Gasteiger partial charge in [-0.3, -0.25) is 9.59 Å². The largest absolute Gasteiger partial charge is 0.494 e. The maximum atomic E-state index is 13.2. The predicted octanol–water partition coefficient (Wildman–Crippen LogP) is 1.89. The number of carbonyl (C=O) groups is 3. The van der Waals surface area contributed by atoms with Gasteiger partial charge in [0.25, 0.3) is 5.91 Å². The van der Waals surface area contributed by atoms with Gasteiger partial charge in [-0.1, -0.05) is 0 Å².